The molecule has 20 nitrogen and oxygen atoms in total. The Morgan fingerprint density at radius 3 is 0.871 bits per heavy atom. The third kappa shape index (κ3) is 17.9. The molecule has 62 heavy (non-hydrogen) atoms. The maximum absolute atomic E-state index is 12.4. The zero-order chi connectivity index (χ0) is 46.9. The van der Waals surface area contributed by atoms with Crippen molar-refractivity contribution >= 4 is 59.0 Å². The number of nitrogens with one attached hydrogen (secondary N) is 4. The molecular formula is C42H60N6O14. The first-order valence-corrected chi connectivity index (χ1v) is 20.4. The number of aryl methyl sites for hydroxylation is 4. The molecule has 2 heterocycles. The quantitative estimate of drug-likeness (QED) is 0.186. The molecule has 2 aromatic rings. The fraction of sp³-hybridized carbons (Fsp3) is 0.571. The molecule has 2 aromatic heterocycles. The van der Waals surface area contributed by atoms with Crippen LogP contribution in [0.25, 0.3) is 0 Å². The number of pyridine rings is 2. The van der Waals surface area contributed by atoms with Crippen LogP contribution in [0.2, 0.25) is 0 Å². The SMILES string of the molecule is CC(C)(C)NCC(=O)Nc1c2c(nc3c1CCC3)CCCC2.CC(C)(C)NCC(=O)Nc1c2c(nc3c1CCC3)CCCC2.O=C(O)C(=O)O.O=C(O)C(=O)O.O=C(O)C(=O)O. The molecule has 20 heteroatoms. The van der Waals surface area contributed by atoms with Gasteiger partial charge in [-0.25, -0.2) is 28.8 Å². The van der Waals surface area contributed by atoms with Crippen LogP contribution in [0, 0.1) is 0 Å². The van der Waals surface area contributed by atoms with Gasteiger partial charge in [0.15, 0.2) is 0 Å². The van der Waals surface area contributed by atoms with Crippen LogP contribution < -0.4 is 21.3 Å². The van der Waals surface area contributed by atoms with Crippen molar-refractivity contribution in [2.24, 2.45) is 0 Å². The zero-order valence-corrected chi connectivity index (χ0v) is 36.2. The zero-order valence-electron chi connectivity index (χ0n) is 36.2. The number of carboxylic acid groups (broad SMARTS) is 6. The summed E-state index contributed by atoms with van der Waals surface area (Å²) >= 11 is 0. The highest BCUT2D eigenvalue weighted by molar-refractivity contribution is 6.28. The topological polar surface area (TPSA) is 332 Å². The fourth-order valence-corrected chi connectivity index (χ4v) is 6.86. The predicted octanol–water partition coefficient (Wildman–Crippen LogP) is 3.02. The molecule has 0 aliphatic heterocycles. The summed E-state index contributed by atoms with van der Waals surface area (Å²) < 4.78 is 0. The molecule has 6 rings (SSSR count). The van der Waals surface area contributed by atoms with Gasteiger partial charge in [-0.3, -0.25) is 19.6 Å². The molecule has 0 aromatic carbocycles. The van der Waals surface area contributed by atoms with E-state index >= 15 is 0 Å². The smallest absolute Gasteiger partial charge is 0.414 e. The molecule has 0 saturated heterocycles. The monoisotopic (exact) mass is 872 g/mol. The number of nitrogens with zero attached hydrogens (tertiary/aromatic N) is 2. The van der Waals surface area contributed by atoms with Gasteiger partial charge in [0.1, 0.15) is 0 Å². The van der Waals surface area contributed by atoms with E-state index in [-0.39, 0.29) is 22.9 Å². The third-order valence-corrected chi connectivity index (χ3v) is 9.64. The molecule has 0 radical (unpaired) electrons. The van der Waals surface area contributed by atoms with E-state index in [9.17, 15) is 9.59 Å². The van der Waals surface area contributed by atoms with E-state index in [1.54, 1.807) is 0 Å². The summed E-state index contributed by atoms with van der Waals surface area (Å²) in [4.78, 5) is 89.1. The second-order valence-corrected chi connectivity index (χ2v) is 16.9. The molecule has 0 unspecified atom stereocenters. The lowest BCUT2D eigenvalue weighted by Crippen LogP contribution is -2.41. The van der Waals surface area contributed by atoms with Gasteiger partial charge in [0.2, 0.25) is 11.8 Å². The summed E-state index contributed by atoms with van der Waals surface area (Å²) in [7, 11) is 0. The van der Waals surface area contributed by atoms with Crippen LogP contribution in [0.1, 0.15) is 125 Å². The number of rotatable bonds is 6. The van der Waals surface area contributed by atoms with E-state index in [0.717, 1.165) is 75.6 Å². The van der Waals surface area contributed by atoms with Crippen molar-refractivity contribution in [3.63, 3.8) is 0 Å². The first-order valence-electron chi connectivity index (χ1n) is 20.4. The van der Waals surface area contributed by atoms with Crippen LogP contribution in [0.5, 0.6) is 0 Å². The van der Waals surface area contributed by atoms with E-state index in [2.05, 4.69) is 62.8 Å². The first-order chi connectivity index (χ1) is 28.8. The Balaban J connectivity index is 0.000000308. The van der Waals surface area contributed by atoms with Gasteiger partial charge in [-0.15, -0.1) is 0 Å². The highest BCUT2D eigenvalue weighted by atomic mass is 16.5. The van der Waals surface area contributed by atoms with Crippen molar-refractivity contribution in [1.82, 2.24) is 20.6 Å². The van der Waals surface area contributed by atoms with Crippen molar-refractivity contribution in [3.8, 4) is 0 Å². The molecule has 342 valence electrons. The summed E-state index contributed by atoms with van der Waals surface area (Å²) in [5.74, 6) is -10.8. The number of aliphatic carboxylic acids is 6. The van der Waals surface area contributed by atoms with Gasteiger partial charge >= 0.3 is 35.8 Å². The van der Waals surface area contributed by atoms with E-state index in [0.29, 0.717) is 13.1 Å². The maximum Gasteiger partial charge on any atom is 0.414 e. The number of carboxylic acids is 6. The number of hydrogen-bond donors (Lipinski definition) is 10. The minimum Gasteiger partial charge on any atom is -0.473 e. The van der Waals surface area contributed by atoms with Crippen LogP contribution in [0.15, 0.2) is 0 Å². The molecule has 0 bridgehead atoms. The largest absolute Gasteiger partial charge is 0.473 e. The Kier molecular flexibility index (Phi) is 20.0. The van der Waals surface area contributed by atoms with Gasteiger partial charge in [-0.2, -0.15) is 0 Å². The Hall–Kier alpha value is -6.02. The lowest BCUT2D eigenvalue weighted by atomic mass is 9.92. The molecule has 0 saturated carbocycles. The Bertz CT molecular complexity index is 1800. The van der Waals surface area contributed by atoms with Crippen LogP contribution in [0.4, 0.5) is 11.4 Å². The summed E-state index contributed by atoms with van der Waals surface area (Å²) in [5.41, 5.74) is 12.2. The van der Waals surface area contributed by atoms with Gasteiger partial charge in [0.25, 0.3) is 0 Å². The molecule has 0 atom stereocenters. The second kappa shape index (κ2) is 23.8. The summed E-state index contributed by atoms with van der Waals surface area (Å²) in [6.45, 7) is 13.2. The van der Waals surface area contributed by atoms with Crippen molar-refractivity contribution < 1.29 is 69.0 Å². The highest BCUT2D eigenvalue weighted by Crippen LogP contribution is 2.37. The van der Waals surface area contributed by atoms with Gasteiger partial charge < -0.3 is 51.9 Å². The number of anilines is 2. The van der Waals surface area contributed by atoms with Crippen molar-refractivity contribution in [2.75, 3.05) is 23.7 Å². The number of amides is 2. The first kappa shape index (κ1) is 52.1. The molecular weight excluding hydrogens is 812 g/mol. The van der Waals surface area contributed by atoms with E-state index in [1.807, 2.05) is 0 Å². The van der Waals surface area contributed by atoms with Gasteiger partial charge in [0.05, 0.1) is 24.5 Å². The average molecular weight is 873 g/mol. The van der Waals surface area contributed by atoms with E-state index < -0.39 is 35.8 Å². The van der Waals surface area contributed by atoms with Gasteiger partial charge in [-0.1, -0.05) is 0 Å². The Labute approximate surface area is 359 Å². The fourth-order valence-electron chi connectivity index (χ4n) is 6.86. The van der Waals surface area contributed by atoms with Crippen molar-refractivity contribution in [2.45, 2.75) is 143 Å². The lowest BCUT2D eigenvalue weighted by molar-refractivity contribution is -0.159. The minimum absolute atomic E-state index is 0.0447. The predicted molar refractivity (Wildman–Crippen MR) is 224 cm³/mol. The van der Waals surface area contributed by atoms with Gasteiger partial charge in [0, 0.05) is 33.9 Å². The molecule has 10 N–H and O–H groups in total. The molecule has 0 spiro atoms. The number of carbonyl (C=O) groups is 8. The Morgan fingerprint density at radius 2 is 0.629 bits per heavy atom. The third-order valence-electron chi connectivity index (χ3n) is 9.64. The Morgan fingerprint density at radius 1 is 0.403 bits per heavy atom. The maximum atomic E-state index is 12.4. The number of carbonyl (C=O) groups excluding carboxylic acids is 2. The summed E-state index contributed by atoms with van der Waals surface area (Å²) in [5, 5.41) is 57.3. The van der Waals surface area contributed by atoms with Crippen LogP contribution in [-0.2, 0) is 89.7 Å². The number of hydrogen-bond acceptors (Lipinski definition) is 12. The van der Waals surface area contributed by atoms with Crippen molar-refractivity contribution in [3.05, 3.63) is 45.0 Å². The highest BCUT2D eigenvalue weighted by Gasteiger charge is 2.27. The number of fused-ring (bicyclic) bond motifs is 4. The van der Waals surface area contributed by atoms with E-state index in [1.165, 1.54) is 70.7 Å². The van der Waals surface area contributed by atoms with E-state index in [4.69, 9.17) is 69.4 Å². The average Bonchev–Trinajstić information content (AvgIpc) is 3.86. The molecule has 2 amide bonds. The van der Waals surface area contributed by atoms with Crippen LogP contribution in [-0.4, -0.2) is 112 Å². The lowest BCUT2D eigenvalue weighted by Gasteiger charge is -2.24. The summed E-state index contributed by atoms with van der Waals surface area (Å²) in [6, 6.07) is 0. The molecule has 0 fully saturated rings. The standard InChI is InChI=1S/2C18H27N3O.3C2H2O4/c2*1-18(2,3)19-11-16(22)21-17-12-7-4-5-9-14(12)20-15-10-6-8-13(15)17;3*3-1(4)2(5)6/h2*19H,4-11H2,1-3H3,(H,20,21,22);3*(H,3,4)(H,5,6). The summed E-state index contributed by atoms with van der Waals surface area (Å²) in [6.07, 6.45) is 15.6. The van der Waals surface area contributed by atoms with Crippen molar-refractivity contribution in [1.29, 1.82) is 0 Å². The molecule has 4 aliphatic rings. The molecule has 4 aliphatic carbocycles. The van der Waals surface area contributed by atoms with Crippen LogP contribution >= 0.6 is 0 Å². The van der Waals surface area contributed by atoms with Gasteiger partial charge in [-0.05, 0) is 154 Å². The normalized spacial score (nSPS) is 14.2. The minimum atomic E-state index is -1.82. The van der Waals surface area contributed by atoms with Crippen LogP contribution in [0.3, 0.4) is 0 Å². The number of aromatic nitrogens is 2. The second-order valence-electron chi connectivity index (χ2n) is 16.9.